The highest BCUT2D eigenvalue weighted by Gasteiger charge is 2.30. The minimum absolute atomic E-state index is 0.0438. The average molecular weight is 604 g/mol. The zero-order valence-corrected chi connectivity index (χ0v) is 23.9. The molecule has 1 heterocycles. The van der Waals surface area contributed by atoms with Crippen LogP contribution in [0.2, 0.25) is 5.02 Å². The molecule has 5 rings (SSSR count). The van der Waals surface area contributed by atoms with Gasteiger partial charge < -0.3 is 9.67 Å². The van der Waals surface area contributed by atoms with E-state index in [1.807, 2.05) is 66.9 Å². The van der Waals surface area contributed by atoms with E-state index >= 15 is 0 Å². The maximum atomic E-state index is 13.0. The SMILES string of the molecule is O=C(O)CCCC(=O)c1ccc(C(CCc2ccc(Cl)cc2)n2ccc3cc(-c4ccc(C(F)(F)F)cc4)ccc32)cc1. The number of aromatic nitrogens is 1. The number of alkyl halides is 3. The van der Waals surface area contributed by atoms with E-state index in [2.05, 4.69) is 4.57 Å². The van der Waals surface area contributed by atoms with Crippen molar-refractivity contribution >= 4 is 34.3 Å². The van der Waals surface area contributed by atoms with Gasteiger partial charge in [0.25, 0.3) is 0 Å². The minimum Gasteiger partial charge on any atom is -0.481 e. The van der Waals surface area contributed by atoms with Gasteiger partial charge in [-0.1, -0.05) is 66.2 Å². The fourth-order valence-corrected chi connectivity index (χ4v) is 5.45. The summed E-state index contributed by atoms with van der Waals surface area (Å²) in [5.41, 5.74) is 4.52. The van der Waals surface area contributed by atoms with Gasteiger partial charge in [-0.25, -0.2) is 0 Å². The van der Waals surface area contributed by atoms with E-state index in [4.69, 9.17) is 16.7 Å². The molecule has 4 aromatic carbocycles. The monoisotopic (exact) mass is 603 g/mol. The Morgan fingerprint density at radius 3 is 2.14 bits per heavy atom. The first-order valence-corrected chi connectivity index (χ1v) is 14.3. The second kappa shape index (κ2) is 12.9. The van der Waals surface area contributed by atoms with Gasteiger partial charge in [0, 0.05) is 40.5 Å². The van der Waals surface area contributed by atoms with Crippen LogP contribution < -0.4 is 0 Å². The van der Waals surface area contributed by atoms with Gasteiger partial charge in [0.1, 0.15) is 0 Å². The molecule has 0 fully saturated rings. The van der Waals surface area contributed by atoms with Gasteiger partial charge in [-0.05, 0) is 84.0 Å². The number of halogens is 4. The Balaban J connectivity index is 1.43. The lowest BCUT2D eigenvalue weighted by molar-refractivity contribution is -0.138. The fraction of sp³-hybridized carbons (Fsp3) is 0.200. The first-order valence-electron chi connectivity index (χ1n) is 14.0. The molecular formula is C35H29ClF3NO3. The van der Waals surface area contributed by atoms with Gasteiger partial charge >= 0.3 is 12.1 Å². The molecule has 1 aromatic heterocycles. The van der Waals surface area contributed by atoms with Gasteiger partial charge in [-0.15, -0.1) is 0 Å². The summed E-state index contributed by atoms with van der Waals surface area (Å²) in [5.74, 6) is -1.01. The lowest BCUT2D eigenvalue weighted by atomic mass is 9.96. The summed E-state index contributed by atoms with van der Waals surface area (Å²) in [6.45, 7) is 0. The summed E-state index contributed by atoms with van der Waals surface area (Å²) in [4.78, 5) is 23.4. The molecule has 0 aliphatic heterocycles. The van der Waals surface area contributed by atoms with Gasteiger partial charge in [-0.3, -0.25) is 9.59 Å². The van der Waals surface area contributed by atoms with E-state index in [9.17, 15) is 22.8 Å². The van der Waals surface area contributed by atoms with Crippen molar-refractivity contribution in [3.05, 3.63) is 131 Å². The van der Waals surface area contributed by atoms with Crippen molar-refractivity contribution in [3.8, 4) is 11.1 Å². The summed E-state index contributed by atoms with van der Waals surface area (Å²) >= 11 is 6.08. The molecule has 0 amide bonds. The van der Waals surface area contributed by atoms with E-state index < -0.39 is 17.7 Å². The number of aryl methyl sites for hydroxylation is 1. The van der Waals surface area contributed by atoms with Gasteiger partial charge in [0.2, 0.25) is 0 Å². The van der Waals surface area contributed by atoms with Crippen LogP contribution in [0.4, 0.5) is 13.2 Å². The predicted molar refractivity (Wildman–Crippen MR) is 163 cm³/mol. The number of carbonyl (C=O) groups excluding carboxylic acids is 1. The second-order valence-electron chi connectivity index (χ2n) is 10.5. The molecule has 0 spiro atoms. The van der Waals surface area contributed by atoms with E-state index in [0.29, 0.717) is 22.6 Å². The van der Waals surface area contributed by atoms with Crippen molar-refractivity contribution in [3.63, 3.8) is 0 Å². The zero-order valence-electron chi connectivity index (χ0n) is 23.2. The second-order valence-corrected chi connectivity index (χ2v) is 11.0. The maximum Gasteiger partial charge on any atom is 0.416 e. The average Bonchev–Trinajstić information content (AvgIpc) is 3.41. The fourth-order valence-electron chi connectivity index (χ4n) is 5.32. The Morgan fingerprint density at radius 2 is 1.49 bits per heavy atom. The van der Waals surface area contributed by atoms with Crippen LogP contribution in [-0.4, -0.2) is 21.4 Å². The Kier molecular flexibility index (Phi) is 9.02. The van der Waals surface area contributed by atoms with Crippen molar-refractivity contribution in [1.82, 2.24) is 4.57 Å². The molecule has 0 aliphatic rings. The lowest BCUT2D eigenvalue weighted by Crippen LogP contribution is -2.11. The third kappa shape index (κ3) is 7.35. The number of hydrogen-bond acceptors (Lipinski definition) is 2. The van der Waals surface area contributed by atoms with Crippen LogP contribution >= 0.6 is 11.6 Å². The van der Waals surface area contributed by atoms with Crippen molar-refractivity contribution < 1.29 is 27.9 Å². The van der Waals surface area contributed by atoms with Crippen LogP contribution in [0.3, 0.4) is 0 Å². The van der Waals surface area contributed by atoms with Crippen LogP contribution in [-0.2, 0) is 17.4 Å². The number of ketones is 1. The highest BCUT2D eigenvalue weighted by atomic mass is 35.5. The molecule has 220 valence electrons. The summed E-state index contributed by atoms with van der Waals surface area (Å²) in [6.07, 6.45) is -0.402. The number of Topliss-reactive ketones (excluding diaryl/α,β-unsaturated/α-hetero) is 1. The number of carbonyl (C=O) groups is 2. The van der Waals surface area contributed by atoms with Crippen molar-refractivity contribution in [2.75, 3.05) is 0 Å². The predicted octanol–water partition coefficient (Wildman–Crippen LogP) is 9.64. The minimum atomic E-state index is -4.38. The topological polar surface area (TPSA) is 59.3 Å². The zero-order chi connectivity index (χ0) is 30.6. The molecular weight excluding hydrogens is 575 g/mol. The third-order valence-electron chi connectivity index (χ3n) is 7.63. The van der Waals surface area contributed by atoms with E-state index in [1.54, 1.807) is 12.1 Å². The Bertz CT molecular complexity index is 1720. The number of rotatable bonds is 11. The summed E-state index contributed by atoms with van der Waals surface area (Å²) in [6, 6.07) is 28.2. The molecule has 1 unspecified atom stereocenters. The van der Waals surface area contributed by atoms with Gasteiger partial charge in [0.05, 0.1) is 11.6 Å². The molecule has 0 saturated carbocycles. The Morgan fingerprint density at radius 1 is 0.814 bits per heavy atom. The highest BCUT2D eigenvalue weighted by molar-refractivity contribution is 6.30. The summed E-state index contributed by atoms with van der Waals surface area (Å²) in [5, 5.41) is 10.5. The molecule has 8 heteroatoms. The summed E-state index contributed by atoms with van der Waals surface area (Å²) < 4.78 is 41.3. The number of nitrogens with zero attached hydrogens (tertiary/aromatic N) is 1. The van der Waals surface area contributed by atoms with Gasteiger partial charge in [-0.2, -0.15) is 13.2 Å². The van der Waals surface area contributed by atoms with Crippen molar-refractivity contribution in [2.24, 2.45) is 0 Å². The smallest absolute Gasteiger partial charge is 0.416 e. The van der Waals surface area contributed by atoms with Crippen LogP contribution in [0, 0.1) is 0 Å². The summed E-state index contributed by atoms with van der Waals surface area (Å²) in [7, 11) is 0. The molecule has 4 nitrogen and oxygen atoms in total. The largest absolute Gasteiger partial charge is 0.481 e. The molecule has 43 heavy (non-hydrogen) atoms. The molecule has 5 aromatic rings. The normalized spacial score (nSPS) is 12.4. The lowest BCUT2D eigenvalue weighted by Gasteiger charge is -2.22. The number of aliphatic carboxylic acids is 1. The van der Waals surface area contributed by atoms with E-state index in [0.717, 1.165) is 52.6 Å². The van der Waals surface area contributed by atoms with Crippen LogP contribution in [0.15, 0.2) is 103 Å². The maximum absolute atomic E-state index is 13.0. The number of carboxylic acid groups (broad SMARTS) is 1. The number of hydrogen-bond donors (Lipinski definition) is 1. The van der Waals surface area contributed by atoms with Crippen molar-refractivity contribution in [2.45, 2.75) is 44.3 Å². The number of benzene rings is 4. The first-order chi connectivity index (χ1) is 20.6. The molecule has 0 radical (unpaired) electrons. The molecule has 1 N–H and O–H groups in total. The highest BCUT2D eigenvalue weighted by Crippen LogP contribution is 2.34. The third-order valence-corrected chi connectivity index (χ3v) is 7.89. The van der Waals surface area contributed by atoms with Crippen LogP contribution in [0.25, 0.3) is 22.0 Å². The Hall–Kier alpha value is -4.36. The molecule has 0 saturated heterocycles. The first kappa shape index (κ1) is 30.1. The molecule has 1 atom stereocenters. The standard InChI is InChI=1S/C35H29ClF3NO3/c36-30-16-4-23(5-17-30)6-18-31(25-7-9-26(10-8-25)33(41)2-1-3-34(42)43)40-21-20-28-22-27(13-19-32(28)40)24-11-14-29(15-12-24)35(37,38)39/h4-5,7-17,19-22,31H,1-3,6,18H2,(H,42,43). The van der Waals surface area contributed by atoms with E-state index in [-0.39, 0.29) is 24.7 Å². The van der Waals surface area contributed by atoms with Crippen LogP contribution in [0.1, 0.15) is 58.8 Å². The molecule has 0 aliphatic carbocycles. The van der Waals surface area contributed by atoms with E-state index in [1.165, 1.54) is 12.1 Å². The van der Waals surface area contributed by atoms with Crippen molar-refractivity contribution in [1.29, 1.82) is 0 Å². The van der Waals surface area contributed by atoms with Crippen LogP contribution in [0.5, 0.6) is 0 Å². The molecule has 0 bridgehead atoms. The number of fused-ring (bicyclic) bond motifs is 1. The quantitative estimate of drug-likeness (QED) is 0.153. The number of carboxylic acids is 1. The Labute approximate surface area is 252 Å². The van der Waals surface area contributed by atoms with Gasteiger partial charge in [0.15, 0.2) is 5.78 Å².